The molecule has 12 heteroatoms. The van der Waals surface area contributed by atoms with E-state index < -0.39 is 22.5 Å². The number of hydrogen-bond donors (Lipinski definition) is 0. The molecule has 0 amide bonds. The maximum Gasteiger partial charge on any atom is 0.338 e. The molecule has 0 N–H and O–H groups in total. The average molecular weight is 790 g/mol. The molecule has 1 aliphatic heterocycles. The minimum Gasteiger partial charge on any atom is -0.490 e. The largest absolute Gasteiger partial charge is 0.490 e. The third kappa shape index (κ3) is 6.75. The summed E-state index contributed by atoms with van der Waals surface area (Å²) in [5.74, 6) is 0.505. The van der Waals surface area contributed by atoms with Gasteiger partial charge in [0.15, 0.2) is 16.3 Å². The molecule has 0 aliphatic carbocycles. The number of ether oxygens (including phenoxy) is 3. The van der Waals surface area contributed by atoms with Crippen molar-refractivity contribution in [2.45, 2.75) is 40.3 Å². The van der Waals surface area contributed by atoms with E-state index in [1.54, 1.807) is 39.0 Å². The molecular formula is C37H32IN3O7S. The first-order valence-corrected chi connectivity index (χ1v) is 17.5. The molecule has 1 aromatic heterocycles. The number of hydrogen-bond acceptors (Lipinski definition) is 9. The fraction of sp³-hybridized carbons (Fsp3) is 0.216. The first-order chi connectivity index (χ1) is 23.6. The quantitative estimate of drug-likeness (QED) is 0.0665. The number of nitro benzene ring substituents is 1. The summed E-state index contributed by atoms with van der Waals surface area (Å²) in [5, 5.41) is 14.1. The van der Waals surface area contributed by atoms with Crippen LogP contribution in [0.1, 0.15) is 49.1 Å². The molecular weight excluding hydrogens is 757 g/mol. The van der Waals surface area contributed by atoms with Gasteiger partial charge in [-0.2, -0.15) is 0 Å². The summed E-state index contributed by atoms with van der Waals surface area (Å²) in [6, 6.07) is 21.8. The van der Waals surface area contributed by atoms with Gasteiger partial charge >= 0.3 is 5.97 Å². The van der Waals surface area contributed by atoms with E-state index in [0.717, 1.165) is 19.9 Å². The Hall–Kier alpha value is -4.82. The molecule has 1 aliphatic rings. The summed E-state index contributed by atoms with van der Waals surface area (Å²) in [6.45, 7) is 7.76. The highest BCUT2D eigenvalue weighted by Crippen LogP contribution is 2.36. The van der Waals surface area contributed by atoms with Crippen LogP contribution in [0.5, 0.6) is 11.5 Å². The van der Waals surface area contributed by atoms with Gasteiger partial charge in [0, 0.05) is 11.6 Å². The molecule has 5 aromatic rings. The van der Waals surface area contributed by atoms with Crippen LogP contribution in [0.15, 0.2) is 93.9 Å². The molecule has 0 radical (unpaired) electrons. The number of esters is 1. The Morgan fingerprint density at radius 1 is 1.04 bits per heavy atom. The molecule has 10 nitrogen and oxygen atoms in total. The van der Waals surface area contributed by atoms with Crippen molar-refractivity contribution in [3.05, 3.63) is 140 Å². The number of nitrogens with zero attached hydrogens (tertiary/aromatic N) is 3. The van der Waals surface area contributed by atoms with Crippen LogP contribution >= 0.6 is 33.9 Å². The Morgan fingerprint density at radius 2 is 1.82 bits per heavy atom. The Morgan fingerprint density at radius 3 is 2.57 bits per heavy atom. The average Bonchev–Trinajstić information content (AvgIpc) is 3.37. The zero-order chi connectivity index (χ0) is 34.8. The van der Waals surface area contributed by atoms with Gasteiger partial charge in [-0.05, 0) is 96.0 Å². The molecule has 1 atom stereocenters. The summed E-state index contributed by atoms with van der Waals surface area (Å²) in [5.41, 5.74) is 2.65. The number of fused-ring (bicyclic) bond motifs is 2. The molecule has 0 bridgehead atoms. The van der Waals surface area contributed by atoms with Crippen molar-refractivity contribution in [3.8, 4) is 11.5 Å². The summed E-state index contributed by atoms with van der Waals surface area (Å²) >= 11 is 3.38. The van der Waals surface area contributed by atoms with Gasteiger partial charge in [0.1, 0.15) is 6.61 Å². The van der Waals surface area contributed by atoms with Gasteiger partial charge in [0.25, 0.3) is 11.2 Å². The van der Waals surface area contributed by atoms with Gasteiger partial charge in [-0.25, -0.2) is 9.79 Å². The van der Waals surface area contributed by atoms with Gasteiger partial charge in [0.05, 0.1) is 43.6 Å². The fourth-order valence-corrected chi connectivity index (χ4v) is 7.72. The second-order valence-electron chi connectivity index (χ2n) is 11.3. The Balaban J connectivity index is 1.43. The predicted octanol–water partition coefficient (Wildman–Crippen LogP) is 6.75. The van der Waals surface area contributed by atoms with Crippen molar-refractivity contribution in [1.82, 2.24) is 4.57 Å². The van der Waals surface area contributed by atoms with E-state index in [9.17, 15) is 19.7 Å². The predicted molar refractivity (Wildman–Crippen MR) is 197 cm³/mol. The van der Waals surface area contributed by atoms with Crippen LogP contribution in [0, 0.1) is 20.6 Å². The standard InChI is InChI=1S/C37H32IN3O7S/c1-5-46-30-17-23(16-28(38)34(30)48-20-26-12-9-11-24-10-7-8-13-27(24)26)18-31-35(42)40-33(25-15-14-21(3)29(19-25)41(44)45)32(36(43)47-6-2)22(4)39-37(40)49-31/h7-19,33H,5-6,20H2,1-4H3/b31-18+/t33-/m1/s1. The second kappa shape index (κ2) is 14.3. The maximum absolute atomic E-state index is 14.2. The van der Waals surface area contributed by atoms with Crippen molar-refractivity contribution >= 4 is 62.4 Å². The van der Waals surface area contributed by atoms with Gasteiger partial charge in [-0.15, -0.1) is 0 Å². The maximum atomic E-state index is 14.2. The van der Waals surface area contributed by atoms with Crippen LogP contribution < -0.4 is 24.4 Å². The normalized spacial score (nSPS) is 14.4. The molecule has 0 spiro atoms. The van der Waals surface area contributed by atoms with Gasteiger partial charge in [0.2, 0.25) is 0 Å². The minimum atomic E-state index is -0.972. The lowest BCUT2D eigenvalue weighted by Gasteiger charge is -2.24. The van der Waals surface area contributed by atoms with E-state index in [1.807, 2.05) is 43.3 Å². The number of halogens is 1. The third-order valence-corrected chi connectivity index (χ3v) is 9.93. The van der Waals surface area contributed by atoms with E-state index in [2.05, 4.69) is 45.8 Å². The zero-order valence-corrected chi connectivity index (χ0v) is 30.2. The van der Waals surface area contributed by atoms with E-state index >= 15 is 0 Å². The topological polar surface area (TPSA) is 122 Å². The lowest BCUT2D eigenvalue weighted by atomic mass is 9.94. The van der Waals surface area contributed by atoms with Crippen molar-refractivity contribution in [2.75, 3.05) is 13.2 Å². The summed E-state index contributed by atoms with van der Waals surface area (Å²) in [6.07, 6.45) is 1.75. The lowest BCUT2D eigenvalue weighted by molar-refractivity contribution is -0.385. The van der Waals surface area contributed by atoms with Crippen LogP contribution in [0.2, 0.25) is 0 Å². The second-order valence-corrected chi connectivity index (χ2v) is 13.5. The third-order valence-electron chi connectivity index (χ3n) is 8.14. The van der Waals surface area contributed by atoms with Gasteiger partial charge in [-0.3, -0.25) is 19.5 Å². The molecule has 4 aromatic carbocycles. The Labute approximate surface area is 299 Å². The van der Waals surface area contributed by atoms with Crippen molar-refractivity contribution in [3.63, 3.8) is 0 Å². The molecule has 6 rings (SSSR count). The monoisotopic (exact) mass is 789 g/mol. The van der Waals surface area contributed by atoms with Crippen LogP contribution in [0.4, 0.5) is 5.69 Å². The number of aryl methyl sites for hydroxylation is 1. The van der Waals surface area contributed by atoms with Crippen LogP contribution in [-0.2, 0) is 16.1 Å². The Bertz CT molecular complexity index is 2340. The Kier molecular flexibility index (Phi) is 9.97. The SMILES string of the molecule is CCOC(=O)C1=C(C)N=c2s/c(=C/c3cc(I)c(OCc4cccc5ccccc45)c(OCC)c3)c(=O)n2[C@@H]1c1ccc(C)c([N+](=O)[O-])c1. The van der Waals surface area contributed by atoms with Crippen LogP contribution in [0.25, 0.3) is 16.8 Å². The first-order valence-electron chi connectivity index (χ1n) is 15.6. The fourth-order valence-electron chi connectivity index (χ4n) is 5.89. The first kappa shape index (κ1) is 34.1. The molecule has 0 unspecified atom stereocenters. The van der Waals surface area contributed by atoms with Crippen molar-refractivity contribution in [1.29, 1.82) is 0 Å². The number of allylic oxidation sites excluding steroid dienone is 1. The van der Waals surface area contributed by atoms with Gasteiger partial charge in [-0.1, -0.05) is 65.9 Å². The summed E-state index contributed by atoms with van der Waals surface area (Å²) < 4.78 is 20.3. The van der Waals surface area contributed by atoms with E-state index in [0.29, 0.717) is 56.4 Å². The molecule has 2 heterocycles. The van der Waals surface area contributed by atoms with Crippen LogP contribution in [0.3, 0.4) is 0 Å². The minimum absolute atomic E-state index is 0.113. The molecule has 49 heavy (non-hydrogen) atoms. The van der Waals surface area contributed by atoms with Gasteiger partial charge < -0.3 is 14.2 Å². The van der Waals surface area contributed by atoms with Crippen molar-refractivity contribution < 1.29 is 23.9 Å². The number of benzene rings is 4. The zero-order valence-electron chi connectivity index (χ0n) is 27.2. The number of rotatable bonds is 10. The molecule has 0 saturated heterocycles. The smallest absolute Gasteiger partial charge is 0.338 e. The van der Waals surface area contributed by atoms with Crippen molar-refractivity contribution in [2.24, 2.45) is 4.99 Å². The number of thiazole rings is 1. The highest BCUT2D eigenvalue weighted by molar-refractivity contribution is 14.1. The number of aromatic nitrogens is 1. The van der Waals surface area contributed by atoms with E-state index in [-0.39, 0.29) is 17.9 Å². The number of nitro groups is 1. The number of carbonyl (C=O) groups is 1. The highest BCUT2D eigenvalue weighted by atomic mass is 127. The molecule has 250 valence electrons. The highest BCUT2D eigenvalue weighted by Gasteiger charge is 2.34. The van der Waals surface area contributed by atoms with Crippen LogP contribution in [-0.4, -0.2) is 28.7 Å². The molecule has 0 fully saturated rings. The lowest BCUT2D eigenvalue weighted by Crippen LogP contribution is -2.40. The van der Waals surface area contributed by atoms with E-state index in [1.165, 1.54) is 22.0 Å². The summed E-state index contributed by atoms with van der Waals surface area (Å²) in [7, 11) is 0. The summed E-state index contributed by atoms with van der Waals surface area (Å²) in [4.78, 5) is 43.8. The molecule has 0 saturated carbocycles. The number of carbonyl (C=O) groups excluding carboxylic acids is 1. The van der Waals surface area contributed by atoms with E-state index in [4.69, 9.17) is 14.2 Å².